The van der Waals surface area contributed by atoms with Gasteiger partial charge in [0.1, 0.15) is 0 Å². The summed E-state index contributed by atoms with van der Waals surface area (Å²) in [5, 5.41) is 2.25. The molecule has 0 aromatic heterocycles. The van der Waals surface area contributed by atoms with E-state index in [-0.39, 0.29) is 5.78 Å². The van der Waals surface area contributed by atoms with Gasteiger partial charge < -0.3 is 0 Å². The van der Waals surface area contributed by atoms with E-state index in [0.29, 0.717) is 0 Å². The van der Waals surface area contributed by atoms with E-state index in [1.165, 1.54) is 0 Å². The standard InChI is InChI=1S/C19H15BrO/c1-13-10-18(20)9-8-15(13)12-19(21)17-7-6-14-4-2-3-5-16(14)11-17/h2-7,9-12H,8H2,1H3. The van der Waals surface area contributed by atoms with E-state index in [1.54, 1.807) is 6.08 Å². The molecule has 2 heteroatoms. The third kappa shape index (κ3) is 3.06. The van der Waals surface area contributed by atoms with E-state index >= 15 is 0 Å². The van der Waals surface area contributed by atoms with Crippen LogP contribution in [0.4, 0.5) is 0 Å². The second kappa shape index (κ2) is 5.82. The zero-order valence-electron chi connectivity index (χ0n) is 11.8. The molecule has 1 nitrogen and oxygen atoms in total. The quantitative estimate of drug-likeness (QED) is 0.516. The molecule has 0 atom stereocenters. The minimum absolute atomic E-state index is 0.0647. The Morgan fingerprint density at radius 3 is 2.67 bits per heavy atom. The maximum atomic E-state index is 12.4. The molecule has 0 heterocycles. The number of carbonyl (C=O) groups excluding carboxylic acids is 1. The van der Waals surface area contributed by atoms with E-state index in [0.717, 1.165) is 38.4 Å². The van der Waals surface area contributed by atoms with Crippen LogP contribution in [0.25, 0.3) is 10.8 Å². The molecule has 1 aliphatic rings. The van der Waals surface area contributed by atoms with Gasteiger partial charge in [-0.3, -0.25) is 4.79 Å². The van der Waals surface area contributed by atoms with Crippen molar-refractivity contribution in [2.45, 2.75) is 13.3 Å². The van der Waals surface area contributed by atoms with Gasteiger partial charge in [-0.05, 0) is 53.5 Å². The number of benzene rings is 2. The predicted molar refractivity (Wildman–Crippen MR) is 91.7 cm³/mol. The molecule has 3 rings (SSSR count). The lowest BCUT2D eigenvalue weighted by molar-refractivity contribution is 0.104. The number of hydrogen-bond acceptors (Lipinski definition) is 1. The lowest BCUT2D eigenvalue weighted by atomic mass is 9.96. The normalized spacial score (nSPS) is 16.8. The second-order valence-electron chi connectivity index (χ2n) is 5.22. The molecule has 104 valence electrons. The minimum Gasteiger partial charge on any atom is -0.289 e. The molecule has 1 aliphatic carbocycles. The van der Waals surface area contributed by atoms with Gasteiger partial charge in [-0.25, -0.2) is 0 Å². The SMILES string of the molecule is CC1=CC(Br)=CCC1=CC(=O)c1ccc2ccccc2c1. The topological polar surface area (TPSA) is 17.1 Å². The van der Waals surface area contributed by atoms with Crippen molar-refractivity contribution in [3.63, 3.8) is 0 Å². The van der Waals surface area contributed by atoms with Crippen LogP contribution in [0, 0.1) is 0 Å². The number of fused-ring (bicyclic) bond motifs is 1. The van der Waals surface area contributed by atoms with Crippen molar-refractivity contribution in [2.24, 2.45) is 0 Å². The molecule has 2 aromatic carbocycles. The first kappa shape index (κ1) is 14.0. The highest BCUT2D eigenvalue weighted by molar-refractivity contribution is 9.11. The summed E-state index contributed by atoms with van der Waals surface area (Å²) in [5.41, 5.74) is 2.96. The highest BCUT2D eigenvalue weighted by atomic mass is 79.9. The monoisotopic (exact) mass is 338 g/mol. The van der Waals surface area contributed by atoms with Crippen LogP contribution in [0.1, 0.15) is 23.7 Å². The van der Waals surface area contributed by atoms with Crippen molar-refractivity contribution in [3.05, 3.63) is 81.9 Å². The first-order chi connectivity index (χ1) is 10.1. The van der Waals surface area contributed by atoms with Gasteiger partial charge in [0.25, 0.3) is 0 Å². The van der Waals surface area contributed by atoms with Gasteiger partial charge in [-0.2, -0.15) is 0 Å². The molecule has 0 saturated carbocycles. The maximum Gasteiger partial charge on any atom is 0.186 e. The van der Waals surface area contributed by atoms with E-state index in [1.807, 2.05) is 49.4 Å². The summed E-state index contributed by atoms with van der Waals surface area (Å²) in [7, 11) is 0. The highest BCUT2D eigenvalue weighted by Crippen LogP contribution is 2.26. The Morgan fingerprint density at radius 1 is 1.14 bits per heavy atom. The third-order valence-electron chi connectivity index (χ3n) is 3.72. The highest BCUT2D eigenvalue weighted by Gasteiger charge is 2.10. The Morgan fingerprint density at radius 2 is 1.90 bits per heavy atom. The number of ketones is 1. The summed E-state index contributed by atoms with van der Waals surface area (Å²) in [6.07, 6.45) is 6.67. The zero-order valence-corrected chi connectivity index (χ0v) is 13.4. The summed E-state index contributed by atoms with van der Waals surface area (Å²) in [5.74, 6) is 0.0647. The zero-order chi connectivity index (χ0) is 14.8. The van der Waals surface area contributed by atoms with Crippen molar-refractivity contribution in [1.29, 1.82) is 0 Å². The van der Waals surface area contributed by atoms with Crippen LogP contribution in [-0.2, 0) is 0 Å². The van der Waals surface area contributed by atoms with Gasteiger partial charge >= 0.3 is 0 Å². The van der Waals surface area contributed by atoms with E-state index in [4.69, 9.17) is 0 Å². The van der Waals surface area contributed by atoms with Gasteiger partial charge in [-0.1, -0.05) is 58.4 Å². The maximum absolute atomic E-state index is 12.4. The molecular weight excluding hydrogens is 324 g/mol. The molecular formula is C19H15BrO. The van der Waals surface area contributed by atoms with Gasteiger partial charge in [-0.15, -0.1) is 0 Å². The van der Waals surface area contributed by atoms with E-state index < -0.39 is 0 Å². The van der Waals surface area contributed by atoms with Crippen LogP contribution in [0.15, 0.2) is 76.3 Å². The fraction of sp³-hybridized carbons (Fsp3) is 0.105. The van der Waals surface area contributed by atoms with Crippen molar-refractivity contribution in [1.82, 2.24) is 0 Å². The molecule has 0 amide bonds. The fourth-order valence-corrected chi connectivity index (χ4v) is 2.99. The minimum atomic E-state index is 0.0647. The molecule has 0 aliphatic heterocycles. The lowest BCUT2D eigenvalue weighted by Gasteiger charge is -2.11. The molecule has 21 heavy (non-hydrogen) atoms. The van der Waals surface area contributed by atoms with Crippen molar-refractivity contribution >= 4 is 32.5 Å². The molecule has 0 bridgehead atoms. The van der Waals surface area contributed by atoms with Crippen LogP contribution in [0.3, 0.4) is 0 Å². The molecule has 0 spiro atoms. The number of hydrogen-bond donors (Lipinski definition) is 0. The fourth-order valence-electron chi connectivity index (χ4n) is 2.48. The Labute approximate surface area is 132 Å². The summed E-state index contributed by atoms with van der Waals surface area (Å²) >= 11 is 3.47. The average Bonchev–Trinajstić information content (AvgIpc) is 2.49. The predicted octanol–water partition coefficient (Wildman–Crippen LogP) is 5.58. The summed E-state index contributed by atoms with van der Waals surface area (Å²) < 4.78 is 1.08. The van der Waals surface area contributed by atoms with Gasteiger partial charge in [0.2, 0.25) is 0 Å². The number of allylic oxidation sites excluding steroid dienone is 6. The van der Waals surface area contributed by atoms with Crippen LogP contribution in [0.5, 0.6) is 0 Å². The molecule has 0 unspecified atom stereocenters. The third-order valence-corrected chi connectivity index (χ3v) is 4.27. The first-order valence-electron chi connectivity index (χ1n) is 6.91. The molecule has 0 saturated heterocycles. The Hall–Kier alpha value is -1.93. The van der Waals surface area contributed by atoms with E-state index in [2.05, 4.69) is 28.1 Å². The Kier molecular flexibility index (Phi) is 3.89. The van der Waals surface area contributed by atoms with Crippen molar-refractivity contribution in [2.75, 3.05) is 0 Å². The van der Waals surface area contributed by atoms with Gasteiger partial charge in [0.05, 0.1) is 0 Å². The van der Waals surface area contributed by atoms with Crippen LogP contribution >= 0.6 is 15.9 Å². The molecule has 0 radical (unpaired) electrons. The molecule has 0 fully saturated rings. The van der Waals surface area contributed by atoms with Gasteiger partial charge in [0.15, 0.2) is 5.78 Å². The number of halogens is 1. The summed E-state index contributed by atoms with van der Waals surface area (Å²) in [6, 6.07) is 13.9. The van der Waals surface area contributed by atoms with Crippen LogP contribution < -0.4 is 0 Å². The summed E-state index contributed by atoms with van der Waals surface area (Å²) in [4.78, 5) is 12.4. The lowest BCUT2D eigenvalue weighted by Crippen LogP contribution is -1.99. The van der Waals surface area contributed by atoms with Crippen molar-refractivity contribution < 1.29 is 4.79 Å². The smallest absolute Gasteiger partial charge is 0.186 e. The number of rotatable bonds is 2. The second-order valence-corrected chi connectivity index (χ2v) is 6.13. The van der Waals surface area contributed by atoms with Crippen molar-refractivity contribution in [3.8, 4) is 0 Å². The molecule has 0 N–H and O–H groups in total. The Bertz CT molecular complexity index is 809. The van der Waals surface area contributed by atoms with E-state index in [9.17, 15) is 4.79 Å². The van der Waals surface area contributed by atoms with Crippen LogP contribution in [0.2, 0.25) is 0 Å². The summed E-state index contributed by atoms with van der Waals surface area (Å²) in [6.45, 7) is 2.04. The average molecular weight is 339 g/mol. The first-order valence-corrected chi connectivity index (χ1v) is 7.71. The van der Waals surface area contributed by atoms with Crippen LogP contribution in [-0.4, -0.2) is 5.78 Å². The molecule has 2 aromatic rings. The number of carbonyl (C=O) groups is 1. The van der Waals surface area contributed by atoms with Gasteiger partial charge in [0, 0.05) is 10.0 Å². The largest absolute Gasteiger partial charge is 0.289 e. The Balaban J connectivity index is 1.93.